The maximum absolute atomic E-state index is 14.7. The number of hydrogen-bond acceptors (Lipinski definition) is 9. The van der Waals surface area contributed by atoms with E-state index in [1.165, 1.54) is 53.2 Å². The second-order valence-electron chi connectivity index (χ2n) is 24.5. The van der Waals surface area contributed by atoms with E-state index in [4.69, 9.17) is 0 Å². The van der Waals surface area contributed by atoms with Crippen LogP contribution in [0.2, 0.25) is 0 Å². The molecule has 12 nitrogen and oxygen atoms in total. The Kier molecular flexibility index (Phi) is 19.1. The molecule has 1 unspecified atom stereocenters. The van der Waals surface area contributed by atoms with E-state index in [1.807, 2.05) is 6.07 Å². The van der Waals surface area contributed by atoms with Crippen LogP contribution < -0.4 is 0 Å². The number of alkyl halides is 4. The smallest absolute Gasteiger partial charge is 0.320 e. The Bertz CT molecular complexity index is 2580. The van der Waals surface area contributed by atoms with Crippen LogP contribution in [0.5, 0.6) is 0 Å². The van der Waals surface area contributed by atoms with Crippen LogP contribution in [0, 0.1) is 55.2 Å². The number of aromatic nitrogens is 4. The first-order valence-corrected chi connectivity index (χ1v) is 29.1. The van der Waals surface area contributed by atoms with Gasteiger partial charge >= 0.3 is 11.9 Å². The van der Waals surface area contributed by atoms with Crippen molar-refractivity contribution in [3.05, 3.63) is 113 Å². The molecule has 2 aromatic heterocycles. The van der Waals surface area contributed by atoms with Gasteiger partial charge in [-0.1, -0.05) is 67.6 Å². The highest BCUT2D eigenvalue weighted by molar-refractivity contribution is 5.73. The predicted octanol–water partition coefficient (Wildman–Crippen LogP) is 11.1. The summed E-state index contributed by atoms with van der Waals surface area (Å²) in [6.45, 7) is 12.3. The fraction of sp³-hybridized carbons (Fsp3) is 0.656. The summed E-state index contributed by atoms with van der Waals surface area (Å²) < 4.78 is 74.3. The number of likely N-dealkylation sites (tertiary alicyclic amines) is 4. The topological polar surface area (TPSA) is 131 Å². The third-order valence-electron chi connectivity index (χ3n) is 18.3. The third-order valence-corrected chi connectivity index (χ3v) is 18.3. The van der Waals surface area contributed by atoms with Crippen LogP contribution in [0.3, 0.4) is 0 Å². The largest absolute Gasteiger partial charge is 0.481 e. The maximum atomic E-state index is 14.7. The molecule has 6 atom stereocenters. The van der Waals surface area contributed by atoms with Crippen LogP contribution in [0.15, 0.2) is 73.1 Å². The fourth-order valence-corrected chi connectivity index (χ4v) is 13.3. The molecule has 17 heteroatoms. The molecule has 4 aliphatic heterocycles. The van der Waals surface area contributed by atoms with Gasteiger partial charge in [-0.2, -0.15) is 19.0 Å². The Morgan fingerprint density at radius 1 is 0.667 bits per heavy atom. The van der Waals surface area contributed by atoms with E-state index in [-0.39, 0.29) is 60.1 Å². The number of benzene rings is 2. The first-order chi connectivity index (χ1) is 37.3. The van der Waals surface area contributed by atoms with Crippen molar-refractivity contribution in [1.82, 2.24) is 39.6 Å². The number of carbonyl (C=O) groups is 2. The van der Waals surface area contributed by atoms with Crippen molar-refractivity contribution in [2.24, 2.45) is 42.6 Å². The van der Waals surface area contributed by atoms with Gasteiger partial charge in [-0.15, -0.1) is 5.10 Å². The van der Waals surface area contributed by atoms with E-state index in [1.54, 1.807) is 32.2 Å². The summed E-state index contributed by atoms with van der Waals surface area (Å²) >= 11 is 0. The molecule has 6 heterocycles. The molecule has 2 N–H and O–H groups in total. The average Bonchev–Trinajstić information content (AvgIpc) is 4.28. The van der Waals surface area contributed by atoms with Gasteiger partial charge in [-0.3, -0.25) is 24.1 Å². The van der Waals surface area contributed by atoms with E-state index >= 15 is 0 Å². The molecule has 0 radical (unpaired) electrons. The summed E-state index contributed by atoms with van der Waals surface area (Å²) in [5.74, 6) is -4.68. The Labute approximate surface area is 458 Å². The number of piperidine rings is 2. The molecule has 4 aromatic rings. The Morgan fingerprint density at radius 3 is 1.76 bits per heavy atom. The molecule has 2 aliphatic carbocycles. The van der Waals surface area contributed by atoms with Crippen LogP contribution in [-0.2, 0) is 28.5 Å². The number of carboxylic acid groups (broad SMARTS) is 2. The predicted molar refractivity (Wildman–Crippen MR) is 290 cm³/mol. The zero-order chi connectivity index (χ0) is 55.1. The SMILES string of the molecule is Cc1ccc(C(F)(F)CCC2CCN(C[C@H]3CN([C@@H](CC(=O)O)CC4CC4)C[C@@H]3c3cccc(F)c3)CC2)nn1.Cc1cccc([C@H]2CN(C(CC3CC3)C(=O)O)C[C@@H]2CN2CCC(CCC(F)(F)c3cnn(C)c3)CC2)c1. The second-order valence-corrected chi connectivity index (χ2v) is 24.5. The number of halogens is 5. The van der Waals surface area contributed by atoms with Crippen LogP contribution in [0.1, 0.15) is 142 Å². The van der Waals surface area contributed by atoms with Gasteiger partial charge in [-0.05, 0) is 162 Å². The standard InChI is InChI=1S/C31H41F3N4O2.C30H42F2N4O2/c1-21-5-8-29(36-35-21)31(33,34)12-9-22-10-13-37(14-11-22)18-25-19-38(27(17-30(39)40)15-23-6-7-23)20-28(25)24-3-2-4-26(32)16-24;1-21-4-3-5-24(14-21)27-20-36(28(29(37)38)15-23-6-7-23)18-25(27)17-35-12-9-22(10-13-35)8-11-30(31,32)26-16-33-34(2)19-26/h2-5,8,16,22-23,25,27-28H,6-7,9-15,17-20H2,1H3,(H,39,40);3-5,14,16,19,22-23,25,27-28H,6-13,15,17-18,20H2,1-2H3,(H,37,38)/t25-,27+,28+;25-,27+,28?/m00/s1. The summed E-state index contributed by atoms with van der Waals surface area (Å²) in [4.78, 5) is 33.3. The van der Waals surface area contributed by atoms with Crippen molar-refractivity contribution in [3.8, 4) is 0 Å². The minimum Gasteiger partial charge on any atom is -0.481 e. The molecule has 10 rings (SSSR count). The van der Waals surface area contributed by atoms with Gasteiger partial charge in [0.05, 0.1) is 23.9 Å². The molecular formula is C61H83F5N8O4. The van der Waals surface area contributed by atoms with Crippen molar-refractivity contribution < 1.29 is 41.8 Å². The van der Waals surface area contributed by atoms with Crippen LogP contribution in [0.4, 0.5) is 22.0 Å². The number of nitrogens with zero attached hydrogens (tertiary/aromatic N) is 8. The minimum atomic E-state index is -2.98. The zero-order valence-electron chi connectivity index (χ0n) is 46.1. The maximum Gasteiger partial charge on any atom is 0.320 e. The molecule has 0 amide bonds. The highest BCUT2D eigenvalue weighted by Gasteiger charge is 2.44. The molecular weight excluding hydrogens is 1000 g/mol. The van der Waals surface area contributed by atoms with Gasteiger partial charge in [0.25, 0.3) is 11.8 Å². The van der Waals surface area contributed by atoms with Gasteiger partial charge in [0.15, 0.2) is 0 Å². The summed E-state index contributed by atoms with van der Waals surface area (Å²) in [7, 11) is 1.66. The van der Waals surface area contributed by atoms with Gasteiger partial charge in [0, 0.05) is 83.2 Å². The van der Waals surface area contributed by atoms with Crippen molar-refractivity contribution in [2.75, 3.05) is 65.4 Å². The first kappa shape index (κ1) is 57.8. The Hall–Kier alpha value is -4.84. The molecule has 6 aliphatic rings. The average molecular weight is 1090 g/mol. The van der Waals surface area contributed by atoms with Gasteiger partial charge in [0.1, 0.15) is 17.6 Å². The lowest BCUT2D eigenvalue weighted by Crippen LogP contribution is -2.42. The Balaban J connectivity index is 0.000000190. The van der Waals surface area contributed by atoms with E-state index in [2.05, 4.69) is 66.1 Å². The van der Waals surface area contributed by atoms with Crippen molar-refractivity contribution in [3.63, 3.8) is 0 Å². The van der Waals surface area contributed by atoms with Crippen molar-refractivity contribution in [2.45, 2.75) is 146 Å². The van der Waals surface area contributed by atoms with Crippen LogP contribution >= 0.6 is 0 Å². The summed E-state index contributed by atoms with van der Waals surface area (Å²) in [5.41, 5.74) is 3.89. The molecule has 4 saturated heterocycles. The van der Waals surface area contributed by atoms with Gasteiger partial charge in [0.2, 0.25) is 0 Å². The van der Waals surface area contributed by atoms with E-state index in [9.17, 15) is 41.8 Å². The Morgan fingerprint density at radius 2 is 1.23 bits per heavy atom. The van der Waals surface area contributed by atoms with Gasteiger partial charge in [-0.25, -0.2) is 13.2 Å². The molecule has 6 fully saturated rings. The minimum absolute atomic E-state index is 0.00626. The lowest BCUT2D eigenvalue weighted by atomic mass is 9.86. The molecule has 2 saturated carbocycles. The third kappa shape index (κ3) is 16.0. The van der Waals surface area contributed by atoms with E-state index in [0.717, 1.165) is 122 Å². The summed E-state index contributed by atoms with van der Waals surface area (Å²) in [6.07, 6.45) is 13.4. The zero-order valence-corrected chi connectivity index (χ0v) is 46.1. The highest BCUT2D eigenvalue weighted by Crippen LogP contribution is 2.43. The number of aliphatic carboxylic acids is 2. The number of carboxylic acids is 2. The molecule has 0 bridgehead atoms. The molecule has 0 spiro atoms. The lowest BCUT2D eigenvalue weighted by Gasteiger charge is -2.35. The molecule has 426 valence electrons. The van der Waals surface area contributed by atoms with E-state index in [0.29, 0.717) is 48.1 Å². The summed E-state index contributed by atoms with van der Waals surface area (Å²) in [6, 6.07) is 18.1. The number of hydrogen-bond donors (Lipinski definition) is 2. The number of rotatable bonds is 23. The van der Waals surface area contributed by atoms with Crippen LogP contribution in [0.25, 0.3) is 0 Å². The highest BCUT2D eigenvalue weighted by atomic mass is 19.3. The van der Waals surface area contributed by atoms with Gasteiger partial charge < -0.3 is 20.0 Å². The molecule has 2 aromatic carbocycles. The quantitative estimate of drug-likeness (QED) is 0.0688. The lowest BCUT2D eigenvalue weighted by molar-refractivity contribution is -0.143. The first-order valence-electron chi connectivity index (χ1n) is 29.1. The fourth-order valence-electron chi connectivity index (χ4n) is 13.3. The monoisotopic (exact) mass is 1090 g/mol. The van der Waals surface area contributed by atoms with Crippen LogP contribution in [-0.4, -0.2) is 139 Å². The number of aryl methyl sites for hydroxylation is 3. The normalized spacial score (nSPS) is 24.3. The van der Waals surface area contributed by atoms with Crippen molar-refractivity contribution >= 4 is 11.9 Å². The molecule has 78 heavy (non-hydrogen) atoms. The van der Waals surface area contributed by atoms with Crippen molar-refractivity contribution in [1.29, 1.82) is 0 Å². The second kappa shape index (κ2) is 25.7. The summed E-state index contributed by atoms with van der Waals surface area (Å²) in [5, 5.41) is 31.0. The van der Waals surface area contributed by atoms with E-state index < -0.39 is 29.8 Å².